The van der Waals surface area contributed by atoms with Gasteiger partial charge in [0.2, 0.25) is 0 Å². The SMILES string of the molecule is Brc1[se]c(Br)c2c1OCCO2. The molecule has 1 aliphatic rings. The van der Waals surface area contributed by atoms with Crippen LogP contribution in [0.1, 0.15) is 0 Å². The van der Waals surface area contributed by atoms with Crippen LogP contribution < -0.4 is 9.47 Å². The molecule has 1 aromatic rings. The average molecular weight is 347 g/mol. The first-order valence-corrected chi connectivity index (χ1v) is 6.32. The van der Waals surface area contributed by atoms with Crippen molar-refractivity contribution in [2.24, 2.45) is 0 Å². The molecule has 0 aliphatic carbocycles. The zero-order valence-corrected chi connectivity index (χ0v) is 10.3. The van der Waals surface area contributed by atoms with Crippen molar-refractivity contribution < 1.29 is 9.47 Å². The minimum atomic E-state index is 0.314. The molecule has 0 saturated heterocycles. The quantitative estimate of drug-likeness (QED) is 0.669. The molecule has 0 saturated carbocycles. The van der Waals surface area contributed by atoms with Gasteiger partial charge in [-0.15, -0.1) is 0 Å². The van der Waals surface area contributed by atoms with E-state index >= 15 is 0 Å². The van der Waals surface area contributed by atoms with Crippen LogP contribution in [0.5, 0.6) is 11.5 Å². The van der Waals surface area contributed by atoms with Gasteiger partial charge in [0, 0.05) is 0 Å². The molecule has 0 fully saturated rings. The Morgan fingerprint density at radius 1 is 1.00 bits per heavy atom. The summed E-state index contributed by atoms with van der Waals surface area (Å²) in [6.45, 7) is 1.31. The van der Waals surface area contributed by atoms with Crippen molar-refractivity contribution in [2.45, 2.75) is 0 Å². The van der Waals surface area contributed by atoms with Gasteiger partial charge in [-0.2, -0.15) is 0 Å². The molecule has 0 N–H and O–H groups in total. The third-order valence-corrected chi connectivity index (χ3v) is 5.25. The second-order valence-corrected chi connectivity index (χ2v) is 8.09. The second-order valence-electron chi connectivity index (χ2n) is 2.00. The third-order valence-electron chi connectivity index (χ3n) is 1.32. The maximum atomic E-state index is 5.42. The van der Waals surface area contributed by atoms with Gasteiger partial charge in [0.15, 0.2) is 0 Å². The Hall–Kier alpha value is 0.559. The number of hydrogen-bond acceptors (Lipinski definition) is 2. The zero-order chi connectivity index (χ0) is 7.84. The summed E-state index contributed by atoms with van der Waals surface area (Å²) >= 11 is 7.22. The summed E-state index contributed by atoms with van der Waals surface area (Å²) < 4.78 is 13.1. The van der Waals surface area contributed by atoms with E-state index in [-0.39, 0.29) is 0 Å². The molecular weight excluding hydrogens is 343 g/mol. The van der Waals surface area contributed by atoms with Gasteiger partial charge in [-0.05, 0) is 0 Å². The second kappa shape index (κ2) is 3.13. The Morgan fingerprint density at radius 2 is 1.45 bits per heavy atom. The van der Waals surface area contributed by atoms with E-state index in [2.05, 4.69) is 31.9 Å². The van der Waals surface area contributed by atoms with Crippen molar-refractivity contribution in [3.8, 4) is 11.5 Å². The van der Waals surface area contributed by atoms with Crippen LogP contribution >= 0.6 is 31.9 Å². The molecule has 0 atom stereocenters. The third kappa shape index (κ3) is 1.39. The summed E-state index contributed by atoms with van der Waals surface area (Å²) in [6, 6.07) is 0. The topological polar surface area (TPSA) is 18.5 Å². The number of ether oxygens (including phenoxy) is 2. The van der Waals surface area contributed by atoms with E-state index in [1.165, 1.54) is 0 Å². The van der Waals surface area contributed by atoms with Crippen molar-refractivity contribution in [1.82, 2.24) is 0 Å². The first-order chi connectivity index (χ1) is 5.29. The van der Waals surface area contributed by atoms with E-state index in [1.54, 1.807) is 0 Å². The van der Waals surface area contributed by atoms with E-state index in [0.717, 1.165) is 18.2 Å². The molecule has 0 aromatic carbocycles. The summed E-state index contributed by atoms with van der Waals surface area (Å²) in [4.78, 5) is 0. The standard InChI is InChI=1S/C6H4Br2O2Se/c7-5-3-4(6(8)11-5)10-2-1-9-3/h1-2H2. The summed E-state index contributed by atoms with van der Waals surface area (Å²) in [6.07, 6.45) is 0. The van der Waals surface area contributed by atoms with Crippen molar-refractivity contribution in [3.05, 3.63) is 6.69 Å². The average Bonchev–Trinajstić information content (AvgIpc) is 2.30. The first-order valence-electron chi connectivity index (χ1n) is 3.02. The van der Waals surface area contributed by atoms with Gasteiger partial charge in [-0.1, -0.05) is 0 Å². The molecule has 2 nitrogen and oxygen atoms in total. The summed E-state index contributed by atoms with van der Waals surface area (Å²) in [5, 5.41) is 0. The van der Waals surface area contributed by atoms with Crippen molar-refractivity contribution >= 4 is 46.4 Å². The first kappa shape index (κ1) is 8.17. The predicted molar refractivity (Wildman–Crippen MR) is 49.8 cm³/mol. The number of hydrogen-bond donors (Lipinski definition) is 0. The molecule has 60 valence electrons. The Bertz CT molecular complexity index is 258. The summed E-state index contributed by atoms with van der Waals surface area (Å²) in [7, 11) is 0. The number of rotatable bonds is 0. The fourth-order valence-electron chi connectivity index (χ4n) is 0.882. The van der Waals surface area contributed by atoms with Gasteiger partial charge in [-0.25, -0.2) is 0 Å². The van der Waals surface area contributed by atoms with Crippen LogP contribution in [0, 0.1) is 0 Å². The van der Waals surface area contributed by atoms with Crippen molar-refractivity contribution in [2.75, 3.05) is 13.2 Å². The molecule has 0 bridgehead atoms. The van der Waals surface area contributed by atoms with Gasteiger partial charge in [0.25, 0.3) is 0 Å². The molecule has 2 rings (SSSR count). The van der Waals surface area contributed by atoms with Crippen LogP contribution in [0.4, 0.5) is 0 Å². The molecule has 0 unspecified atom stereocenters. The van der Waals surface area contributed by atoms with E-state index in [1.807, 2.05) is 0 Å². The monoisotopic (exact) mass is 346 g/mol. The van der Waals surface area contributed by atoms with E-state index in [9.17, 15) is 0 Å². The van der Waals surface area contributed by atoms with Crippen molar-refractivity contribution in [1.29, 1.82) is 0 Å². The van der Waals surface area contributed by atoms with Gasteiger partial charge in [-0.3, -0.25) is 0 Å². The van der Waals surface area contributed by atoms with Crippen molar-refractivity contribution in [3.63, 3.8) is 0 Å². The van der Waals surface area contributed by atoms with Gasteiger partial charge in [0.05, 0.1) is 0 Å². The fraction of sp³-hybridized carbons (Fsp3) is 0.333. The molecule has 5 heteroatoms. The molecule has 0 spiro atoms. The number of halogens is 2. The van der Waals surface area contributed by atoms with Crippen LogP contribution in [-0.2, 0) is 0 Å². The molecule has 2 heterocycles. The molecule has 0 radical (unpaired) electrons. The van der Waals surface area contributed by atoms with Gasteiger partial charge >= 0.3 is 87.2 Å². The van der Waals surface area contributed by atoms with Crippen LogP contribution in [0.25, 0.3) is 0 Å². The molecule has 1 aliphatic heterocycles. The Labute approximate surface area is 86.9 Å². The van der Waals surface area contributed by atoms with Crippen LogP contribution in [0.15, 0.2) is 6.69 Å². The number of fused-ring (bicyclic) bond motifs is 1. The minimum absolute atomic E-state index is 0.314. The Balaban J connectivity index is 2.52. The van der Waals surface area contributed by atoms with E-state index < -0.39 is 0 Å². The van der Waals surface area contributed by atoms with Crippen LogP contribution in [0.2, 0.25) is 0 Å². The van der Waals surface area contributed by atoms with Crippen LogP contribution in [0.3, 0.4) is 0 Å². The Kier molecular flexibility index (Phi) is 2.32. The molecule has 1 aromatic heterocycles. The normalized spacial score (nSPS) is 15.1. The summed E-state index contributed by atoms with van der Waals surface area (Å²) in [5.41, 5.74) is 0. The molecule has 11 heavy (non-hydrogen) atoms. The maximum absolute atomic E-state index is 5.42. The van der Waals surface area contributed by atoms with E-state index in [4.69, 9.17) is 9.47 Å². The van der Waals surface area contributed by atoms with Gasteiger partial charge < -0.3 is 0 Å². The van der Waals surface area contributed by atoms with Gasteiger partial charge in [0.1, 0.15) is 0 Å². The predicted octanol–water partition coefficient (Wildman–Crippen LogP) is 2.04. The Morgan fingerprint density at radius 3 is 1.91 bits per heavy atom. The van der Waals surface area contributed by atoms with E-state index in [0.29, 0.717) is 27.7 Å². The molecule has 0 amide bonds. The fourth-order valence-corrected chi connectivity index (χ4v) is 5.64. The zero-order valence-electron chi connectivity index (χ0n) is 5.39. The van der Waals surface area contributed by atoms with Crippen LogP contribution in [-0.4, -0.2) is 27.7 Å². The molecular formula is C6H4Br2O2Se. The summed E-state index contributed by atoms with van der Waals surface area (Å²) in [5.74, 6) is 1.78.